The van der Waals surface area contributed by atoms with Gasteiger partial charge in [0.05, 0.1) is 13.2 Å². The van der Waals surface area contributed by atoms with Gasteiger partial charge in [0.15, 0.2) is 0 Å². The van der Waals surface area contributed by atoms with Crippen LogP contribution in [0.15, 0.2) is 48.5 Å². The van der Waals surface area contributed by atoms with Crippen LogP contribution in [0, 0.1) is 13.8 Å². The Morgan fingerprint density at radius 1 is 0.882 bits per heavy atom. The fourth-order valence-electron chi connectivity index (χ4n) is 1.81. The second-order valence-electron chi connectivity index (χ2n) is 4.41. The zero-order chi connectivity index (χ0) is 12.1. The van der Waals surface area contributed by atoms with Crippen LogP contribution >= 0.6 is 0 Å². The van der Waals surface area contributed by atoms with Gasteiger partial charge in [-0.15, -0.1) is 0 Å². The SMILES string of the molecule is Cc1ccc(C)c(COCc2ccccc2)c1. The quantitative estimate of drug-likeness (QED) is 0.765. The van der Waals surface area contributed by atoms with Crippen molar-refractivity contribution in [3.05, 3.63) is 70.8 Å². The van der Waals surface area contributed by atoms with E-state index in [4.69, 9.17) is 4.74 Å². The Morgan fingerprint density at radius 3 is 2.41 bits per heavy atom. The highest BCUT2D eigenvalue weighted by Crippen LogP contribution is 2.12. The third-order valence-electron chi connectivity index (χ3n) is 2.87. The van der Waals surface area contributed by atoms with E-state index in [2.05, 4.69) is 44.2 Å². The molecule has 0 aromatic heterocycles. The van der Waals surface area contributed by atoms with Crippen molar-refractivity contribution in [3.8, 4) is 0 Å². The molecular formula is C16H18O. The average molecular weight is 226 g/mol. The van der Waals surface area contributed by atoms with E-state index in [0.717, 1.165) is 0 Å². The van der Waals surface area contributed by atoms with Gasteiger partial charge in [0, 0.05) is 0 Å². The fraction of sp³-hybridized carbons (Fsp3) is 0.250. The summed E-state index contributed by atoms with van der Waals surface area (Å²) in [5.41, 5.74) is 5.08. The van der Waals surface area contributed by atoms with Gasteiger partial charge in [-0.1, -0.05) is 54.1 Å². The zero-order valence-corrected chi connectivity index (χ0v) is 10.4. The number of rotatable bonds is 4. The van der Waals surface area contributed by atoms with Crippen molar-refractivity contribution in [1.82, 2.24) is 0 Å². The van der Waals surface area contributed by atoms with E-state index in [1.807, 2.05) is 18.2 Å². The van der Waals surface area contributed by atoms with E-state index in [0.29, 0.717) is 13.2 Å². The van der Waals surface area contributed by atoms with Crippen LogP contribution in [0.4, 0.5) is 0 Å². The minimum Gasteiger partial charge on any atom is -0.372 e. The summed E-state index contributed by atoms with van der Waals surface area (Å²) in [6, 6.07) is 16.8. The lowest BCUT2D eigenvalue weighted by Crippen LogP contribution is -1.96. The lowest BCUT2D eigenvalue weighted by atomic mass is 10.1. The fourth-order valence-corrected chi connectivity index (χ4v) is 1.81. The van der Waals surface area contributed by atoms with Gasteiger partial charge in [-0.3, -0.25) is 0 Å². The Labute approximate surface area is 103 Å². The van der Waals surface area contributed by atoms with Gasteiger partial charge >= 0.3 is 0 Å². The topological polar surface area (TPSA) is 9.23 Å². The highest BCUT2D eigenvalue weighted by Gasteiger charge is 1.99. The van der Waals surface area contributed by atoms with Crippen molar-refractivity contribution in [1.29, 1.82) is 0 Å². The molecule has 0 saturated carbocycles. The van der Waals surface area contributed by atoms with E-state index in [1.165, 1.54) is 22.3 Å². The van der Waals surface area contributed by atoms with Gasteiger partial charge < -0.3 is 4.74 Å². The van der Waals surface area contributed by atoms with Crippen LogP contribution in [-0.2, 0) is 18.0 Å². The second-order valence-corrected chi connectivity index (χ2v) is 4.41. The maximum atomic E-state index is 5.74. The van der Waals surface area contributed by atoms with Crippen LogP contribution in [0.2, 0.25) is 0 Å². The van der Waals surface area contributed by atoms with Crippen LogP contribution < -0.4 is 0 Å². The maximum absolute atomic E-state index is 5.74. The first-order chi connectivity index (χ1) is 8.25. The van der Waals surface area contributed by atoms with Crippen LogP contribution in [0.3, 0.4) is 0 Å². The third kappa shape index (κ3) is 3.43. The Balaban J connectivity index is 1.92. The van der Waals surface area contributed by atoms with Crippen LogP contribution in [0.1, 0.15) is 22.3 Å². The lowest BCUT2D eigenvalue weighted by Gasteiger charge is -2.08. The van der Waals surface area contributed by atoms with Crippen molar-refractivity contribution in [2.24, 2.45) is 0 Å². The predicted molar refractivity (Wildman–Crippen MR) is 70.9 cm³/mol. The zero-order valence-electron chi connectivity index (χ0n) is 10.4. The molecule has 0 unspecified atom stereocenters. The highest BCUT2D eigenvalue weighted by atomic mass is 16.5. The minimum absolute atomic E-state index is 0.675. The van der Waals surface area contributed by atoms with Gasteiger partial charge in [-0.25, -0.2) is 0 Å². The molecule has 1 nitrogen and oxygen atoms in total. The van der Waals surface area contributed by atoms with Crippen molar-refractivity contribution < 1.29 is 4.74 Å². The van der Waals surface area contributed by atoms with Gasteiger partial charge in [-0.05, 0) is 30.5 Å². The van der Waals surface area contributed by atoms with E-state index < -0.39 is 0 Å². The van der Waals surface area contributed by atoms with Gasteiger partial charge in [-0.2, -0.15) is 0 Å². The summed E-state index contributed by atoms with van der Waals surface area (Å²) in [6.07, 6.45) is 0. The summed E-state index contributed by atoms with van der Waals surface area (Å²) in [6.45, 7) is 5.59. The van der Waals surface area contributed by atoms with Gasteiger partial charge in [0.25, 0.3) is 0 Å². The summed E-state index contributed by atoms with van der Waals surface area (Å²) in [5.74, 6) is 0. The molecule has 2 aromatic rings. The van der Waals surface area contributed by atoms with Crippen LogP contribution in [0.5, 0.6) is 0 Å². The molecule has 1 heteroatoms. The van der Waals surface area contributed by atoms with Crippen molar-refractivity contribution in [2.45, 2.75) is 27.1 Å². The number of aryl methyl sites for hydroxylation is 2. The number of benzene rings is 2. The first kappa shape index (κ1) is 11.9. The summed E-state index contributed by atoms with van der Waals surface area (Å²) in [7, 11) is 0. The molecular weight excluding hydrogens is 208 g/mol. The summed E-state index contributed by atoms with van der Waals surface area (Å²) < 4.78 is 5.74. The summed E-state index contributed by atoms with van der Waals surface area (Å²) in [4.78, 5) is 0. The van der Waals surface area contributed by atoms with E-state index in [1.54, 1.807) is 0 Å². The first-order valence-corrected chi connectivity index (χ1v) is 5.93. The van der Waals surface area contributed by atoms with E-state index >= 15 is 0 Å². The van der Waals surface area contributed by atoms with E-state index in [9.17, 15) is 0 Å². The smallest absolute Gasteiger partial charge is 0.0724 e. The number of ether oxygens (including phenoxy) is 1. The average Bonchev–Trinajstić information content (AvgIpc) is 2.35. The molecule has 0 fully saturated rings. The molecule has 2 rings (SSSR count). The molecule has 0 bridgehead atoms. The molecule has 0 radical (unpaired) electrons. The number of hydrogen-bond acceptors (Lipinski definition) is 1. The molecule has 88 valence electrons. The molecule has 0 N–H and O–H groups in total. The molecule has 0 aliphatic carbocycles. The molecule has 17 heavy (non-hydrogen) atoms. The van der Waals surface area contributed by atoms with Crippen molar-refractivity contribution in [2.75, 3.05) is 0 Å². The standard InChI is InChI=1S/C16H18O/c1-13-8-9-14(2)16(10-13)12-17-11-15-6-4-3-5-7-15/h3-10H,11-12H2,1-2H3. The molecule has 0 aliphatic heterocycles. The largest absolute Gasteiger partial charge is 0.372 e. The van der Waals surface area contributed by atoms with Crippen LogP contribution in [-0.4, -0.2) is 0 Å². The lowest BCUT2D eigenvalue weighted by molar-refractivity contribution is 0.107. The molecule has 0 spiro atoms. The van der Waals surface area contributed by atoms with Crippen molar-refractivity contribution >= 4 is 0 Å². The Morgan fingerprint density at radius 2 is 1.65 bits per heavy atom. The minimum atomic E-state index is 0.675. The third-order valence-corrected chi connectivity index (χ3v) is 2.87. The normalized spacial score (nSPS) is 10.5. The van der Waals surface area contributed by atoms with Crippen LogP contribution in [0.25, 0.3) is 0 Å². The summed E-state index contributed by atoms with van der Waals surface area (Å²) >= 11 is 0. The predicted octanol–water partition coefficient (Wildman–Crippen LogP) is 4.02. The van der Waals surface area contributed by atoms with Gasteiger partial charge in [0.1, 0.15) is 0 Å². The Bertz CT molecular complexity index is 474. The maximum Gasteiger partial charge on any atom is 0.0724 e. The molecule has 0 heterocycles. The highest BCUT2D eigenvalue weighted by molar-refractivity contribution is 5.29. The Kier molecular flexibility index (Phi) is 3.94. The molecule has 2 aromatic carbocycles. The molecule has 0 atom stereocenters. The van der Waals surface area contributed by atoms with Gasteiger partial charge in [0.2, 0.25) is 0 Å². The monoisotopic (exact) mass is 226 g/mol. The summed E-state index contributed by atoms with van der Waals surface area (Å²) in [5, 5.41) is 0. The second kappa shape index (κ2) is 5.65. The first-order valence-electron chi connectivity index (χ1n) is 5.93. The molecule has 0 saturated heterocycles. The van der Waals surface area contributed by atoms with E-state index in [-0.39, 0.29) is 0 Å². The van der Waals surface area contributed by atoms with Crippen molar-refractivity contribution in [3.63, 3.8) is 0 Å². The molecule has 0 aliphatic rings. The number of hydrogen-bond donors (Lipinski definition) is 0. The Hall–Kier alpha value is -1.60. The molecule has 0 amide bonds.